The summed E-state index contributed by atoms with van der Waals surface area (Å²) >= 11 is 0. The molecule has 0 saturated carbocycles. The van der Waals surface area contributed by atoms with Gasteiger partial charge in [-0.3, -0.25) is 14.3 Å². The first kappa shape index (κ1) is 13.8. The minimum Gasteiger partial charge on any atom is -0.466 e. The zero-order chi connectivity index (χ0) is 15.9. The second kappa shape index (κ2) is 4.70. The molecule has 0 bridgehead atoms. The summed E-state index contributed by atoms with van der Waals surface area (Å²) in [7, 11) is 0. The van der Waals surface area contributed by atoms with E-state index in [2.05, 4.69) is 9.98 Å². The number of benzene rings is 1. The summed E-state index contributed by atoms with van der Waals surface area (Å²) in [5, 5.41) is 9.04. The van der Waals surface area contributed by atoms with Gasteiger partial charge in [-0.2, -0.15) is 5.26 Å². The van der Waals surface area contributed by atoms with Crippen LogP contribution in [0.1, 0.15) is 25.0 Å². The summed E-state index contributed by atoms with van der Waals surface area (Å²) in [4.78, 5) is 29.9. The Hall–Kier alpha value is -3.14. The Balaban J connectivity index is 2.30. The molecule has 7 nitrogen and oxygen atoms in total. The van der Waals surface area contributed by atoms with Crippen molar-refractivity contribution in [3.05, 3.63) is 62.4 Å². The fraction of sp³-hybridized carbons (Fsp3) is 0.200. The predicted octanol–water partition coefficient (Wildman–Crippen LogP) is 0.832. The average Bonchev–Trinajstić information content (AvgIpc) is 2.45. The van der Waals surface area contributed by atoms with Gasteiger partial charge in [0.05, 0.1) is 17.2 Å². The Labute approximate surface area is 125 Å². The molecule has 3 rings (SSSR count). The Kier molecular flexibility index (Phi) is 2.95. The van der Waals surface area contributed by atoms with Crippen LogP contribution in [0, 0.1) is 11.3 Å². The summed E-state index contributed by atoms with van der Waals surface area (Å²) in [6.45, 7) is 3.51. The maximum Gasteiger partial charge on any atom is 0.334 e. The Bertz CT molecular complexity index is 944. The first-order valence-electron chi connectivity index (χ1n) is 6.55. The van der Waals surface area contributed by atoms with Gasteiger partial charge in [0.2, 0.25) is 0 Å². The van der Waals surface area contributed by atoms with Crippen molar-refractivity contribution >= 4 is 5.84 Å². The van der Waals surface area contributed by atoms with E-state index in [9.17, 15) is 9.59 Å². The molecule has 7 heteroatoms. The van der Waals surface area contributed by atoms with E-state index in [1.807, 2.05) is 6.07 Å². The molecule has 0 aliphatic carbocycles. The molecule has 0 atom stereocenters. The fourth-order valence-electron chi connectivity index (χ4n) is 2.24. The second-order valence-electron chi connectivity index (χ2n) is 5.29. The predicted molar refractivity (Wildman–Crippen MR) is 79.1 cm³/mol. The van der Waals surface area contributed by atoms with Crippen LogP contribution in [0.4, 0.5) is 0 Å². The minimum atomic E-state index is -0.869. The van der Waals surface area contributed by atoms with E-state index < -0.39 is 17.0 Å². The maximum atomic E-state index is 12.0. The van der Waals surface area contributed by atoms with Crippen LogP contribution in [0.25, 0.3) is 0 Å². The number of hydrogen-bond acceptors (Lipinski definition) is 5. The number of aromatic nitrogens is 2. The number of nitrogens with zero attached hydrogens (tertiary/aromatic N) is 3. The van der Waals surface area contributed by atoms with Gasteiger partial charge in [0.25, 0.3) is 5.56 Å². The number of ether oxygens (including phenoxy) is 1. The van der Waals surface area contributed by atoms with Crippen LogP contribution in [-0.2, 0) is 0 Å². The van der Waals surface area contributed by atoms with Crippen LogP contribution in [0.5, 0.6) is 5.75 Å². The number of aromatic amines is 1. The Morgan fingerprint density at radius 2 is 2.09 bits per heavy atom. The van der Waals surface area contributed by atoms with Crippen molar-refractivity contribution in [1.29, 1.82) is 5.26 Å². The third-order valence-corrected chi connectivity index (χ3v) is 3.14. The van der Waals surface area contributed by atoms with E-state index in [-0.39, 0.29) is 0 Å². The van der Waals surface area contributed by atoms with Crippen molar-refractivity contribution < 1.29 is 4.74 Å². The fourth-order valence-corrected chi connectivity index (χ4v) is 2.24. The van der Waals surface area contributed by atoms with E-state index >= 15 is 0 Å². The van der Waals surface area contributed by atoms with Crippen molar-refractivity contribution in [2.24, 2.45) is 4.99 Å². The van der Waals surface area contributed by atoms with Crippen molar-refractivity contribution in [3.63, 3.8) is 0 Å². The van der Waals surface area contributed by atoms with Gasteiger partial charge in [-0.15, -0.1) is 0 Å². The van der Waals surface area contributed by atoms with Gasteiger partial charge >= 0.3 is 5.69 Å². The van der Waals surface area contributed by atoms with Crippen LogP contribution < -0.4 is 16.0 Å². The van der Waals surface area contributed by atoms with Crippen LogP contribution in [0.15, 0.2) is 45.0 Å². The largest absolute Gasteiger partial charge is 0.466 e. The molecule has 0 spiro atoms. The zero-order valence-corrected chi connectivity index (χ0v) is 12.0. The van der Waals surface area contributed by atoms with Crippen molar-refractivity contribution in [2.75, 3.05) is 0 Å². The normalized spacial score (nSPS) is 15.2. The smallest absolute Gasteiger partial charge is 0.334 e. The van der Waals surface area contributed by atoms with Gasteiger partial charge in [-0.25, -0.2) is 9.79 Å². The lowest BCUT2D eigenvalue weighted by atomic mass is 10.1. The molecule has 2 heterocycles. The Morgan fingerprint density at radius 3 is 2.77 bits per heavy atom. The van der Waals surface area contributed by atoms with E-state index in [4.69, 9.17) is 10.00 Å². The lowest BCUT2D eigenvalue weighted by molar-refractivity contribution is 0.114. The first-order chi connectivity index (χ1) is 10.4. The molecule has 2 aromatic rings. The number of nitrogens with one attached hydrogen (secondary N) is 1. The van der Waals surface area contributed by atoms with Crippen molar-refractivity contribution in [3.8, 4) is 11.8 Å². The number of nitriles is 1. The third kappa shape index (κ3) is 2.31. The van der Waals surface area contributed by atoms with Gasteiger partial charge < -0.3 is 4.74 Å². The lowest BCUT2D eigenvalue weighted by Gasteiger charge is -2.30. The number of rotatable bonds is 0. The molecule has 22 heavy (non-hydrogen) atoms. The molecule has 0 amide bonds. The highest BCUT2D eigenvalue weighted by Gasteiger charge is 2.29. The molecule has 1 aliphatic heterocycles. The Morgan fingerprint density at radius 1 is 1.32 bits per heavy atom. The average molecular weight is 296 g/mol. The summed E-state index contributed by atoms with van der Waals surface area (Å²) in [5.41, 5.74) is -1.01. The van der Waals surface area contributed by atoms with Gasteiger partial charge in [0.15, 0.2) is 11.6 Å². The van der Waals surface area contributed by atoms with Gasteiger partial charge in [0.1, 0.15) is 5.75 Å². The lowest BCUT2D eigenvalue weighted by Crippen LogP contribution is -2.40. The van der Waals surface area contributed by atoms with Gasteiger partial charge in [-0.1, -0.05) is 0 Å². The highest BCUT2D eigenvalue weighted by atomic mass is 16.5. The molecule has 1 aromatic heterocycles. The number of hydrogen-bond donors (Lipinski definition) is 1. The molecular weight excluding hydrogens is 284 g/mol. The summed E-state index contributed by atoms with van der Waals surface area (Å²) in [6, 6.07) is 8.17. The molecule has 0 saturated heterocycles. The molecule has 0 fully saturated rings. The third-order valence-electron chi connectivity index (χ3n) is 3.14. The standard InChI is InChI=1S/C15H12N4O3/c1-15(2)18-13(19-6-5-12(20)17-14(19)21)10-7-9(8-16)3-4-11(10)22-15/h3-7H,1-2H3,(H,17,20,21). The van der Waals surface area contributed by atoms with Gasteiger partial charge in [0, 0.05) is 12.3 Å². The molecule has 1 N–H and O–H groups in total. The highest BCUT2D eigenvalue weighted by Crippen LogP contribution is 2.31. The van der Waals surface area contributed by atoms with E-state index in [1.54, 1.807) is 32.0 Å². The van der Waals surface area contributed by atoms with Crippen LogP contribution >= 0.6 is 0 Å². The zero-order valence-electron chi connectivity index (χ0n) is 12.0. The highest BCUT2D eigenvalue weighted by molar-refractivity contribution is 6.03. The molecule has 1 aromatic carbocycles. The quantitative estimate of drug-likeness (QED) is 0.778. The van der Waals surface area contributed by atoms with Crippen molar-refractivity contribution in [2.45, 2.75) is 19.6 Å². The molecular formula is C15H12N4O3. The maximum absolute atomic E-state index is 12.0. The molecule has 0 radical (unpaired) electrons. The number of H-pyrrole nitrogens is 1. The van der Waals surface area contributed by atoms with Crippen molar-refractivity contribution in [1.82, 2.24) is 9.55 Å². The first-order valence-corrected chi connectivity index (χ1v) is 6.55. The van der Waals surface area contributed by atoms with Crippen LogP contribution in [0.3, 0.4) is 0 Å². The summed E-state index contributed by atoms with van der Waals surface area (Å²) in [6.07, 6.45) is 1.35. The minimum absolute atomic E-state index is 0.324. The van der Waals surface area contributed by atoms with Gasteiger partial charge in [-0.05, 0) is 32.0 Å². The summed E-state index contributed by atoms with van der Waals surface area (Å²) in [5.74, 6) is 0.844. The molecule has 0 unspecified atom stereocenters. The topological polar surface area (TPSA) is 100 Å². The second-order valence-corrected chi connectivity index (χ2v) is 5.29. The van der Waals surface area contributed by atoms with Crippen LogP contribution in [0.2, 0.25) is 0 Å². The van der Waals surface area contributed by atoms with E-state index in [0.29, 0.717) is 22.7 Å². The van der Waals surface area contributed by atoms with E-state index in [1.165, 1.54) is 16.8 Å². The number of fused-ring (bicyclic) bond motifs is 1. The molecule has 110 valence electrons. The summed E-state index contributed by atoms with van der Waals surface area (Å²) < 4.78 is 6.98. The van der Waals surface area contributed by atoms with Crippen LogP contribution in [-0.4, -0.2) is 21.1 Å². The monoisotopic (exact) mass is 296 g/mol. The van der Waals surface area contributed by atoms with E-state index in [0.717, 1.165) is 0 Å². The number of aliphatic imine (C=N–C) groups is 1. The molecule has 1 aliphatic rings. The SMILES string of the molecule is CC1(C)N=C(n2ccc(=O)[nH]c2=O)c2cc(C#N)ccc2O1.